The number of H-pyrrole nitrogens is 1. The number of rotatable bonds is 1. The molecule has 0 bridgehead atoms. The fraction of sp³-hybridized carbons (Fsp3) is 0. The van der Waals surface area contributed by atoms with Crippen LogP contribution in [0.15, 0.2) is 48.8 Å². The molecule has 0 aliphatic heterocycles. The summed E-state index contributed by atoms with van der Waals surface area (Å²) in [4.78, 5) is 7.46. The van der Waals surface area contributed by atoms with Gasteiger partial charge >= 0.3 is 0 Å². The van der Waals surface area contributed by atoms with Gasteiger partial charge in [-0.1, -0.05) is 41.9 Å². The van der Waals surface area contributed by atoms with Crippen molar-refractivity contribution in [2.75, 3.05) is 0 Å². The van der Waals surface area contributed by atoms with Crippen LogP contribution in [0.3, 0.4) is 0 Å². The number of benzene rings is 1. The molecule has 0 saturated heterocycles. The molecule has 0 radical (unpaired) electrons. The maximum Gasteiger partial charge on any atom is 0.107 e. The van der Waals surface area contributed by atoms with E-state index < -0.39 is 0 Å². The Morgan fingerprint density at radius 3 is 2.69 bits per heavy atom. The Kier molecular flexibility index (Phi) is 2.15. The van der Waals surface area contributed by atoms with Gasteiger partial charge in [0.05, 0.1) is 10.5 Å². The van der Waals surface area contributed by atoms with E-state index in [1.165, 1.54) is 0 Å². The fourth-order valence-corrected chi connectivity index (χ4v) is 1.97. The summed E-state index contributed by atoms with van der Waals surface area (Å²) < 4.78 is 0. The molecule has 0 amide bonds. The minimum Gasteiger partial charge on any atom is -0.358 e. The average molecular weight is 229 g/mol. The van der Waals surface area contributed by atoms with Crippen molar-refractivity contribution in [3.05, 3.63) is 53.8 Å². The zero-order valence-electron chi connectivity index (χ0n) is 8.44. The maximum absolute atomic E-state index is 5.98. The molecule has 0 aliphatic carbocycles. The zero-order valence-corrected chi connectivity index (χ0v) is 9.20. The number of nitrogens with zero attached hydrogens (tertiary/aromatic N) is 1. The van der Waals surface area contributed by atoms with Gasteiger partial charge in [0.2, 0.25) is 0 Å². The van der Waals surface area contributed by atoms with E-state index in [9.17, 15) is 0 Å². The molecule has 3 heteroatoms. The van der Waals surface area contributed by atoms with Crippen molar-refractivity contribution in [2.24, 2.45) is 0 Å². The lowest BCUT2D eigenvalue weighted by Crippen LogP contribution is -1.80. The summed E-state index contributed by atoms with van der Waals surface area (Å²) in [7, 11) is 0. The standard InChI is InChI=1S/C13H9ClN2/c14-11-8-15-12-6-10(7-16-13(11)12)9-4-2-1-3-5-9/h1-8,15H. The topological polar surface area (TPSA) is 28.7 Å². The quantitative estimate of drug-likeness (QED) is 0.673. The van der Waals surface area contributed by atoms with Crippen molar-refractivity contribution in [3.8, 4) is 11.1 Å². The van der Waals surface area contributed by atoms with Gasteiger partial charge < -0.3 is 4.98 Å². The first-order valence-electron chi connectivity index (χ1n) is 5.02. The molecule has 78 valence electrons. The molecule has 3 rings (SSSR count). The molecule has 1 aromatic carbocycles. The zero-order chi connectivity index (χ0) is 11.0. The summed E-state index contributed by atoms with van der Waals surface area (Å²) in [6.07, 6.45) is 3.60. The monoisotopic (exact) mass is 228 g/mol. The number of fused-ring (bicyclic) bond motifs is 1. The molecule has 0 fully saturated rings. The number of aromatic amines is 1. The summed E-state index contributed by atoms with van der Waals surface area (Å²) in [6, 6.07) is 12.2. The van der Waals surface area contributed by atoms with Crippen LogP contribution in [0.5, 0.6) is 0 Å². The van der Waals surface area contributed by atoms with Crippen molar-refractivity contribution in [1.29, 1.82) is 0 Å². The lowest BCUT2D eigenvalue weighted by molar-refractivity contribution is 1.40. The van der Waals surface area contributed by atoms with Crippen LogP contribution in [-0.2, 0) is 0 Å². The average Bonchev–Trinajstić information content (AvgIpc) is 2.72. The SMILES string of the molecule is Clc1c[nH]c2cc(-c3ccccc3)cnc12. The smallest absolute Gasteiger partial charge is 0.107 e. The fourth-order valence-electron chi connectivity index (χ4n) is 1.76. The Morgan fingerprint density at radius 1 is 1.06 bits per heavy atom. The molecule has 0 spiro atoms. The second kappa shape index (κ2) is 3.65. The van der Waals surface area contributed by atoms with E-state index in [4.69, 9.17) is 11.6 Å². The highest BCUT2D eigenvalue weighted by atomic mass is 35.5. The normalized spacial score (nSPS) is 10.8. The van der Waals surface area contributed by atoms with Crippen molar-refractivity contribution < 1.29 is 0 Å². The molecule has 0 unspecified atom stereocenters. The highest BCUT2D eigenvalue weighted by Gasteiger charge is 2.04. The Morgan fingerprint density at radius 2 is 1.88 bits per heavy atom. The van der Waals surface area contributed by atoms with Crippen molar-refractivity contribution in [1.82, 2.24) is 9.97 Å². The van der Waals surface area contributed by atoms with Crippen LogP contribution >= 0.6 is 11.6 Å². The molecule has 2 heterocycles. The van der Waals surface area contributed by atoms with Crippen LogP contribution in [0.1, 0.15) is 0 Å². The van der Waals surface area contributed by atoms with E-state index in [2.05, 4.69) is 28.2 Å². The van der Waals surface area contributed by atoms with Gasteiger partial charge in [0, 0.05) is 18.0 Å². The van der Waals surface area contributed by atoms with Crippen molar-refractivity contribution >= 4 is 22.6 Å². The third kappa shape index (κ3) is 1.48. The Labute approximate surface area is 97.9 Å². The highest BCUT2D eigenvalue weighted by molar-refractivity contribution is 6.35. The van der Waals surface area contributed by atoms with Gasteiger partial charge in [-0.05, 0) is 11.6 Å². The van der Waals surface area contributed by atoms with E-state index in [0.717, 1.165) is 22.2 Å². The third-order valence-electron chi connectivity index (χ3n) is 2.58. The molecule has 1 N–H and O–H groups in total. The van der Waals surface area contributed by atoms with Gasteiger partial charge in [0.1, 0.15) is 5.52 Å². The van der Waals surface area contributed by atoms with Crippen molar-refractivity contribution in [2.45, 2.75) is 0 Å². The van der Waals surface area contributed by atoms with Crippen LogP contribution < -0.4 is 0 Å². The van der Waals surface area contributed by atoms with E-state index in [-0.39, 0.29) is 0 Å². The number of pyridine rings is 1. The first-order valence-corrected chi connectivity index (χ1v) is 5.40. The van der Waals surface area contributed by atoms with E-state index in [1.54, 1.807) is 6.20 Å². The molecular formula is C13H9ClN2. The van der Waals surface area contributed by atoms with Crippen LogP contribution in [0.4, 0.5) is 0 Å². The second-order valence-corrected chi connectivity index (χ2v) is 4.03. The summed E-state index contributed by atoms with van der Waals surface area (Å²) in [5.41, 5.74) is 4.03. The summed E-state index contributed by atoms with van der Waals surface area (Å²) in [5.74, 6) is 0. The predicted molar refractivity (Wildman–Crippen MR) is 66.5 cm³/mol. The Balaban J connectivity index is 2.19. The number of aromatic nitrogens is 2. The summed E-state index contributed by atoms with van der Waals surface area (Å²) in [6.45, 7) is 0. The van der Waals surface area contributed by atoms with Gasteiger partial charge in [-0.3, -0.25) is 4.98 Å². The number of hydrogen-bond donors (Lipinski definition) is 1. The van der Waals surface area contributed by atoms with Gasteiger partial charge in [-0.15, -0.1) is 0 Å². The van der Waals surface area contributed by atoms with Gasteiger partial charge in [0.15, 0.2) is 0 Å². The van der Waals surface area contributed by atoms with Crippen LogP contribution in [-0.4, -0.2) is 9.97 Å². The first-order chi connectivity index (χ1) is 7.84. The van der Waals surface area contributed by atoms with E-state index in [0.29, 0.717) is 5.02 Å². The number of halogens is 1. The molecule has 2 nitrogen and oxygen atoms in total. The maximum atomic E-state index is 5.98. The Bertz CT molecular complexity index is 629. The molecular weight excluding hydrogens is 220 g/mol. The predicted octanol–water partition coefficient (Wildman–Crippen LogP) is 3.88. The molecule has 16 heavy (non-hydrogen) atoms. The van der Waals surface area contributed by atoms with Crippen LogP contribution in [0.25, 0.3) is 22.2 Å². The van der Waals surface area contributed by atoms with Gasteiger partial charge in [-0.2, -0.15) is 0 Å². The number of nitrogens with one attached hydrogen (secondary N) is 1. The Hall–Kier alpha value is -1.80. The minimum atomic E-state index is 0.662. The lowest BCUT2D eigenvalue weighted by Gasteiger charge is -2.00. The second-order valence-electron chi connectivity index (χ2n) is 3.62. The molecule has 2 aromatic heterocycles. The largest absolute Gasteiger partial charge is 0.358 e. The summed E-state index contributed by atoms with van der Waals surface area (Å²) in [5, 5.41) is 0.662. The van der Waals surface area contributed by atoms with Gasteiger partial charge in [-0.25, -0.2) is 0 Å². The molecule has 3 aromatic rings. The molecule has 0 saturated carbocycles. The highest BCUT2D eigenvalue weighted by Crippen LogP contribution is 2.25. The molecule has 0 atom stereocenters. The van der Waals surface area contributed by atoms with Crippen LogP contribution in [0.2, 0.25) is 5.02 Å². The first kappa shape index (κ1) is 9.43. The van der Waals surface area contributed by atoms with E-state index in [1.807, 2.05) is 24.4 Å². The van der Waals surface area contributed by atoms with Crippen LogP contribution in [0, 0.1) is 0 Å². The molecule has 0 aliphatic rings. The number of hydrogen-bond acceptors (Lipinski definition) is 1. The third-order valence-corrected chi connectivity index (χ3v) is 2.86. The summed E-state index contributed by atoms with van der Waals surface area (Å²) >= 11 is 5.98. The van der Waals surface area contributed by atoms with Gasteiger partial charge in [0.25, 0.3) is 0 Å². The lowest BCUT2D eigenvalue weighted by atomic mass is 10.1. The van der Waals surface area contributed by atoms with E-state index >= 15 is 0 Å². The minimum absolute atomic E-state index is 0.662. The van der Waals surface area contributed by atoms with Crippen molar-refractivity contribution in [3.63, 3.8) is 0 Å².